The minimum atomic E-state index is -3.07. The van der Waals surface area contributed by atoms with Crippen molar-refractivity contribution >= 4 is 21.2 Å². The number of rotatable bonds is 8. The van der Waals surface area contributed by atoms with E-state index in [0.717, 1.165) is 0 Å². The van der Waals surface area contributed by atoms with Crippen LogP contribution >= 0.6 is 0 Å². The number of benzene rings is 1. The molecule has 7 nitrogen and oxygen atoms in total. The van der Waals surface area contributed by atoms with Crippen LogP contribution in [0.25, 0.3) is 0 Å². The van der Waals surface area contributed by atoms with E-state index in [9.17, 15) is 18.5 Å². The zero-order valence-electron chi connectivity index (χ0n) is 12.3. The van der Waals surface area contributed by atoms with Crippen LogP contribution in [0.3, 0.4) is 0 Å². The largest absolute Gasteiger partial charge is 0.491 e. The summed E-state index contributed by atoms with van der Waals surface area (Å²) < 4.78 is 28.3. The maximum Gasteiger partial charge on any atom is 0.275 e. The third kappa shape index (κ3) is 5.99. The van der Waals surface area contributed by atoms with Crippen molar-refractivity contribution in [3.05, 3.63) is 28.3 Å². The highest BCUT2D eigenvalue weighted by atomic mass is 32.2. The maximum atomic E-state index is 11.4. The van der Waals surface area contributed by atoms with E-state index in [-0.39, 0.29) is 29.8 Å². The lowest BCUT2D eigenvalue weighted by molar-refractivity contribution is -0.384. The highest BCUT2D eigenvalue weighted by molar-refractivity contribution is 7.91. The van der Waals surface area contributed by atoms with Gasteiger partial charge >= 0.3 is 0 Å². The van der Waals surface area contributed by atoms with E-state index < -0.39 is 14.8 Å². The van der Waals surface area contributed by atoms with Crippen LogP contribution in [0.2, 0.25) is 0 Å². The molecule has 0 unspecified atom stereocenters. The molecule has 118 valence electrons. The Bertz CT molecular complexity index is 599. The van der Waals surface area contributed by atoms with Crippen molar-refractivity contribution in [2.45, 2.75) is 26.9 Å². The number of hydrogen-bond donors (Lipinski definition) is 1. The van der Waals surface area contributed by atoms with Gasteiger partial charge in [-0.15, -0.1) is 0 Å². The fourth-order valence-corrected chi connectivity index (χ4v) is 2.33. The lowest BCUT2D eigenvalue weighted by Gasteiger charge is -2.12. The first kappa shape index (κ1) is 17.2. The second-order valence-electron chi connectivity index (χ2n) is 4.80. The van der Waals surface area contributed by atoms with Gasteiger partial charge in [0.25, 0.3) is 5.69 Å². The molecule has 1 rings (SSSR count). The van der Waals surface area contributed by atoms with Crippen molar-refractivity contribution in [2.24, 2.45) is 0 Å². The lowest BCUT2D eigenvalue weighted by Crippen LogP contribution is -2.17. The molecule has 0 aromatic heterocycles. The van der Waals surface area contributed by atoms with Gasteiger partial charge in [0.15, 0.2) is 9.84 Å². The number of non-ortho nitro benzene ring substituents is 1. The van der Waals surface area contributed by atoms with Crippen LogP contribution in [0.5, 0.6) is 5.75 Å². The minimum absolute atomic E-state index is 0.0213. The van der Waals surface area contributed by atoms with Crippen LogP contribution < -0.4 is 10.1 Å². The average molecular weight is 316 g/mol. The molecule has 0 atom stereocenters. The summed E-state index contributed by atoms with van der Waals surface area (Å²) in [4.78, 5) is 10.4. The van der Waals surface area contributed by atoms with Crippen LogP contribution in [0.1, 0.15) is 20.8 Å². The van der Waals surface area contributed by atoms with Gasteiger partial charge in [-0.1, -0.05) is 6.92 Å². The topological polar surface area (TPSA) is 98.5 Å². The summed E-state index contributed by atoms with van der Waals surface area (Å²) >= 11 is 0. The second kappa shape index (κ2) is 7.26. The quantitative estimate of drug-likeness (QED) is 0.583. The Hall–Kier alpha value is -1.83. The number of nitrogens with one attached hydrogen (secondary N) is 1. The fourth-order valence-electron chi connectivity index (χ4n) is 1.63. The molecule has 21 heavy (non-hydrogen) atoms. The van der Waals surface area contributed by atoms with Gasteiger partial charge in [0.05, 0.1) is 22.8 Å². The highest BCUT2D eigenvalue weighted by Gasteiger charge is 2.12. The van der Waals surface area contributed by atoms with Crippen molar-refractivity contribution in [3.63, 3.8) is 0 Å². The summed E-state index contributed by atoms with van der Waals surface area (Å²) in [7, 11) is -3.07. The molecule has 1 aromatic rings. The highest BCUT2D eigenvalue weighted by Crippen LogP contribution is 2.26. The Labute approximate surface area is 124 Å². The van der Waals surface area contributed by atoms with Gasteiger partial charge in [0.1, 0.15) is 5.75 Å². The molecular weight excluding hydrogens is 296 g/mol. The Morgan fingerprint density at radius 2 is 2.00 bits per heavy atom. The van der Waals surface area contributed by atoms with Crippen LogP contribution in [-0.4, -0.2) is 37.5 Å². The van der Waals surface area contributed by atoms with Gasteiger partial charge in [0.2, 0.25) is 0 Å². The fraction of sp³-hybridized carbons (Fsp3) is 0.538. The third-order valence-corrected chi connectivity index (χ3v) is 4.36. The van der Waals surface area contributed by atoms with Gasteiger partial charge in [-0.3, -0.25) is 10.1 Å². The molecule has 1 aromatic carbocycles. The molecule has 0 bridgehead atoms. The maximum absolute atomic E-state index is 11.4. The molecule has 0 aliphatic heterocycles. The zero-order valence-corrected chi connectivity index (χ0v) is 13.1. The summed E-state index contributed by atoms with van der Waals surface area (Å²) in [5.41, 5.74) is 0.361. The number of nitro groups is 1. The van der Waals surface area contributed by atoms with Crippen LogP contribution in [0.4, 0.5) is 11.4 Å². The lowest BCUT2D eigenvalue weighted by atomic mass is 10.2. The Morgan fingerprint density at radius 3 is 2.52 bits per heavy atom. The Balaban J connectivity index is 2.85. The van der Waals surface area contributed by atoms with E-state index in [1.54, 1.807) is 13.0 Å². The second-order valence-corrected chi connectivity index (χ2v) is 7.28. The Kier molecular flexibility index (Phi) is 5.95. The van der Waals surface area contributed by atoms with Crippen molar-refractivity contribution in [2.75, 3.05) is 23.4 Å². The molecule has 0 radical (unpaired) electrons. The molecule has 0 aliphatic carbocycles. The van der Waals surface area contributed by atoms with Gasteiger partial charge in [0, 0.05) is 30.1 Å². The van der Waals surface area contributed by atoms with E-state index in [1.807, 2.05) is 13.8 Å². The molecule has 0 spiro atoms. The number of nitrogens with zero attached hydrogens (tertiary/aromatic N) is 1. The third-order valence-electron chi connectivity index (χ3n) is 2.66. The summed E-state index contributed by atoms with van der Waals surface area (Å²) in [5, 5.41) is 13.8. The van der Waals surface area contributed by atoms with Crippen molar-refractivity contribution in [1.29, 1.82) is 0 Å². The molecule has 0 fully saturated rings. The standard InChI is InChI=1S/C13H20N2O5S/c1-4-21(18,19)6-5-14-11-7-12(15(16)17)9-13(8-11)20-10(2)3/h7-10,14H,4-6H2,1-3H3. The van der Waals surface area contributed by atoms with E-state index in [2.05, 4.69) is 5.32 Å². The Morgan fingerprint density at radius 1 is 1.33 bits per heavy atom. The summed E-state index contributed by atoms with van der Waals surface area (Å²) in [5.74, 6) is 0.429. The van der Waals surface area contributed by atoms with Crippen molar-refractivity contribution < 1.29 is 18.1 Å². The SMILES string of the molecule is CCS(=O)(=O)CCNc1cc(OC(C)C)cc([N+](=O)[O-])c1. The molecule has 1 N–H and O–H groups in total. The van der Waals surface area contributed by atoms with Crippen LogP contribution in [-0.2, 0) is 9.84 Å². The zero-order chi connectivity index (χ0) is 16.0. The molecule has 0 saturated carbocycles. The van der Waals surface area contributed by atoms with E-state index in [4.69, 9.17) is 4.74 Å². The predicted octanol–water partition coefficient (Wildman–Crippen LogP) is 2.23. The normalized spacial score (nSPS) is 11.4. The van der Waals surface area contributed by atoms with Crippen LogP contribution in [0, 0.1) is 10.1 Å². The first-order valence-electron chi connectivity index (χ1n) is 6.64. The minimum Gasteiger partial charge on any atom is -0.491 e. The average Bonchev–Trinajstić information content (AvgIpc) is 2.37. The molecular formula is C13H20N2O5S. The first-order chi connectivity index (χ1) is 9.73. The summed E-state index contributed by atoms with van der Waals surface area (Å²) in [6.45, 7) is 5.41. The van der Waals surface area contributed by atoms with Gasteiger partial charge < -0.3 is 10.1 Å². The molecule has 0 aliphatic rings. The van der Waals surface area contributed by atoms with E-state index in [0.29, 0.717) is 11.4 Å². The number of ether oxygens (including phenoxy) is 1. The number of sulfone groups is 1. The predicted molar refractivity (Wildman–Crippen MR) is 81.7 cm³/mol. The molecule has 0 amide bonds. The summed E-state index contributed by atoms with van der Waals surface area (Å²) in [6, 6.07) is 4.31. The van der Waals surface area contributed by atoms with Gasteiger partial charge in [-0.05, 0) is 13.8 Å². The number of anilines is 1. The molecule has 8 heteroatoms. The number of hydrogen-bond acceptors (Lipinski definition) is 6. The van der Waals surface area contributed by atoms with E-state index >= 15 is 0 Å². The van der Waals surface area contributed by atoms with Gasteiger partial charge in [-0.25, -0.2) is 8.42 Å². The smallest absolute Gasteiger partial charge is 0.275 e. The monoisotopic (exact) mass is 316 g/mol. The van der Waals surface area contributed by atoms with Gasteiger partial charge in [-0.2, -0.15) is 0 Å². The molecule has 0 heterocycles. The van der Waals surface area contributed by atoms with Crippen LogP contribution in [0.15, 0.2) is 18.2 Å². The molecule has 0 saturated heterocycles. The van der Waals surface area contributed by atoms with E-state index in [1.165, 1.54) is 12.1 Å². The first-order valence-corrected chi connectivity index (χ1v) is 8.46. The summed E-state index contributed by atoms with van der Waals surface area (Å²) in [6.07, 6.45) is -0.111. The number of nitro benzene ring substituents is 1. The van der Waals surface area contributed by atoms with Crippen molar-refractivity contribution in [3.8, 4) is 5.75 Å². The van der Waals surface area contributed by atoms with Crippen molar-refractivity contribution in [1.82, 2.24) is 0 Å².